The minimum absolute atomic E-state index is 0.0140. The summed E-state index contributed by atoms with van der Waals surface area (Å²) in [4.78, 5) is 21.5. The third-order valence-corrected chi connectivity index (χ3v) is 7.31. The molecule has 2 aliphatic heterocycles. The number of aryl methyl sites for hydroxylation is 1. The van der Waals surface area contributed by atoms with Crippen LogP contribution in [0.4, 0.5) is 5.95 Å². The first kappa shape index (κ1) is 26.4. The SMILES string of the molecule is Cc1cc(OCCCC2CCN(c3noc([C@@H]4CCCN4C)n3)CC2)ccc1C(=O)NC[C@H](O)CO. The Hall–Kier alpha value is -2.69. The highest BCUT2D eigenvalue weighted by Crippen LogP contribution is 2.31. The van der Waals surface area contributed by atoms with Crippen molar-refractivity contribution >= 4 is 11.9 Å². The number of anilines is 1. The van der Waals surface area contributed by atoms with Gasteiger partial charge in [-0.1, -0.05) is 0 Å². The number of aliphatic hydroxyl groups excluding tert-OH is 2. The number of hydrogen-bond acceptors (Lipinski definition) is 9. The summed E-state index contributed by atoms with van der Waals surface area (Å²) in [7, 11) is 2.11. The molecule has 0 aliphatic carbocycles. The first-order valence-electron chi connectivity index (χ1n) is 13.0. The molecule has 2 fully saturated rings. The minimum Gasteiger partial charge on any atom is -0.494 e. The summed E-state index contributed by atoms with van der Waals surface area (Å²) in [6, 6.07) is 5.64. The van der Waals surface area contributed by atoms with Crippen LogP contribution in [0.25, 0.3) is 0 Å². The van der Waals surface area contributed by atoms with E-state index in [0.717, 1.165) is 74.9 Å². The van der Waals surface area contributed by atoms with Gasteiger partial charge in [-0.25, -0.2) is 0 Å². The van der Waals surface area contributed by atoms with Crippen LogP contribution in [-0.2, 0) is 0 Å². The van der Waals surface area contributed by atoms with Crippen LogP contribution in [0.15, 0.2) is 22.7 Å². The Labute approximate surface area is 212 Å². The highest BCUT2D eigenvalue weighted by atomic mass is 16.5. The van der Waals surface area contributed by atoms with Crippen molar-refractivity contribution in [2.75, 3.05) is 51.3 Å². The maximum atomic E-state index is 12.3. The highest BCUT2D eigenvalue weighted by Gasteiger charge is 2.29. The zero-order valence-electron chi connectivity index (χ0n) is 21.4. The number of piperidine rings is 1. The molecule has 10 heteroatoms. The maximum Gasteiger partial charge on any atom is 0.266 e. The molecule has 0 saturated carbocycles. The second kappa shape index (κ2) is 12.5. The number of ether oxygens (including phenoxy) is 1. The molecule has 1 aromatic carbocycles. The molecule has 2 aliphatic rings. The molecule has 0 radical (unpaired) electrons. The van der Waals surface area contributed by atoms with E-state index in [0.29, 0.717) is 18.1 Å². The molecule has 2 atom stereocenters. The molecule has 0 spiro atoms. The number of aliphatic hydroxyl groups is 2. The van der Waals surface area contributed by atoms with Crippen LogP contribution in [0.5, 0.6) is 5.75 Å². The number of benzene rings is 1. The fraction of sp³-hybridized carbons (Fsp3) is 0.654. The molecule has 1 aromatic heterocycles. The Morgan fingerprint density at radius 3 is 2.78 bits per heavy atom. The van der Waals surface area contributed by atoms with Gasteiger partial charge in [0.1, 0.15) is 5.75 Å². The first-order chi connectivity index (χ1) is 17.4. The first-order valence-corrected chi connectivity index (χ1v) is 13.0. The molecule has 1 amide bonds. The largest absolute Gasteiger partial charge is 0.494 e. The van der Waals surface area contributed by atoms with Gasteiger partial charge < -0.3 is 29.7 Å². The lowest BCUT2D eigenvalue weighted by Gasteiger charge is -2.30. The van der Waals surface area contributed by atoms with E-state index in [9.17, 15) is 9.90 Å². The maximum absolute atomic E-state index is 12.3. The van der Waals surface area contributed by atoms with Gasteiger partial charge >= 0.3 is 0 Å². The Balaban J connectivity index is 1.15. The van der Waals surface area contributed by atoms with E-state index in [2.05, 4.69) is 32.3 Å². The monoisotopic (exact) mass is 501 g/mol. The second-order valence-electron chi connectivity index (χ2n) is 10.0. The van der Waals surface area contributed by atoms with Gasteiger partial charge in [-0.05, 0) is 93.9 Å². The van der Waals surface area contributed by atoms with Crippen LogP contribution < -0.4 is 15.0 Å². The van der Waals surface area contributed by atoms with Gasteiger partial charge in [0, 0.05) is 25.2 Å². The van der Waals surface area contributed by atoms with Crippen molar-refractivity contribution in [1.29, 1.82) is 0 Å². The fourth-order valence-electron chi connectivity index (χ4n) is 5.05. The lowest BCUT2D eigenvalue weighted by Crippen LogP contribution is -2.34. The predicted octanol–water partition coefficient (Wildman–Crippen LogP) is 2.30. The summed E-state index contributed by atoms with van der Waals surface area (Å²) in [6.45, 7) is 5.10. The van der Waals surface area contributed by atoms with Crippen molar-refractivity contribution < 1.29 is 24.3 Å². The summed E-state index contributed by atoms with van der Waals surface area (Å²) in [6.07, 6.45) is 5.62. The van der Waals surface area contributed by atoms with Crippen molar-refractivity contribution in [3.05, 3.63) is 35.2 Å². The quantitative estimate of drug-likeness (QED) is 0.398. The Morgan fingerprint density at radius 2 is 2.08 bits per heavy atom. The Morgan fingerprint density at radius 1 is 1.28 bits per heavy atom. The molecule has 3 heterocycles. The van der Waals surface area contributed by atoms with Crippen LogP contribution in [0.3, 0.4) is 0 Å². The van der Waals surface area contributed by atoms with Crippen LogP contribution >= 0.6 is 0 Å². The number of nitrogens with one attached hydrogen (secondary N) is 1. The van der Waals surface area contributed by atoms with E-state index < -0.39 is 6.10 Å². The van der Waals surface area contributed by atoms with E-state index in [-0.39, 0.29) is 25.1 Å². The lowest BCUT2D eigenvalue weighted by molar-refractivity contribution is 0.0801. The van der Waals surface area contributed by atoms with Crippen molar-refractivity contribution in [3.8, 4) is 5.75 Å². The molecule has 0 unspecified atom stereocenters. The van der Waals surface area contributed by atoms with Gasteiger partial charge in [0.05, 0.1) is 25.4 Å². The number of rotatable bonds is 11. The number of hydrogen-bond donors (Lipinski definition) is 3. The number of likely N-dealkylation sites (tertiary alicyclic amines) is 1. The third-order valence-electron chi connectivity index (χ3n) is 7.31. The average Bonchev–Trinajstić information content (AvgIpc) is 3.54. The topological polar surface area (TPSA) is 124 Å². The summed E-state index contributed by atoms with van der Waals surface area (Å²) in [5.41, 5.74) is 1.34. The molecule has 198 valence electrons. The summed E-state index contributed by atoms with van der Waals surface area (Å²) >= 11 is 0. The van der Waals surface area contributed by atoms with E-state index in [1.807, 2.05) is 13.0 Å². The second-order valence-corrected chi connectivity index (χ2v) is 10.0. The zero-order chi connectivity index (χ0) is 25.5. The zero-order valence-corrected chi connectivity index (χ0v) is 21.4. The van der Waals surface area contributed by atoms with E-state index in [1.165, 1.54) is 6.42 Å². The molecule has 2 saturated heterocycles. The standard InChI is InChI=1S/C26H39N5O5/c1-18-15-21(7-8-22(18)24(34)27-16-20(33)17-32)35-14-4-5-19-9-12-31(13-10-19)26-28-25(36-29-26)23-6-3-11-30(23)2/h7-8,15,19-20,23,32-33H,3-6,9-14,16-17H2,1-2H3,(H,27,34)/t20-,23-/m0/s1. The van der Waals surface area contributed by atoms with Gasteiger partial charge in [0.25, 0.3) is 11.9 Å². The van der Waals surface area contributed by atoms with Gasteiger partial charge in [-0.15, -0.1) is 0 Å². The van der Waals surface area contributed by atoms with Gasteiger partial charge in [0.15, 0.2) is 0 Å². The minimum atomic E-state index is -0.959. The van der Waals surface area contributed by atoms with Crippen molar-refractivity contribution in [2.45, 2.75) is 57.6 Å². The molecule has 3 N–H and O–H groups in total. The number of carbonyl (C=O) groups is 1. The third kappa shape index (κ3) is 6.74. The molecule has 4 rings (SSSR count). The average molecular weight is 502 g/mol. The molecule has 10 nitrogen and oxygen atoms in total. The Bertz CT molecular complexity index is 991. The van der Waals surface area contributed by atoms with E-state index in [4.69, 9.17) is 14.4 Å². The van der Waals surface area contributed by atoms with Crippen LogP contribution in [0.1, 0.15) is 66.4 Å². The van der Waals surface area contributed by atoms with Gasteiger partial charge in [-0.2, -0.15) is 4.98 Å². The molecule has 0 bridgehead atoms. The smallest absolute Gasteiger partial charge is 0.266 e. The van der Waals surface area contributed by atoms with Crippen molar-refractivity contribution in [1.82, 2.24) is 20.4 Å². The molecular formula is C26H39N5O5. The van der Waals surface area contributed by atoms with Crippen LogP contribution in [-0.4, -0.2) is 83.7 Å². The highest BCUT2D eigenvalue weighted by molar-refractivity contribution is 5.95. The molecular weight excluding hydrogens is 462 g/mol. The fourth-order valence-corrected chi connectivity index (χ4v) is 5.05. The van der Waals surface area contributed by atoms with E-state index >= 15 is 0 Å². The molecule has 36 heavy (non-hydrogen) atoms. The number of carbonyl (C=O) groups excluding carboxylic acids is 1. The van der Waals surface area contributed by atoms with Crippen molar-refractivity contribution in [3.63, 3.8) is 0 Å². The van der Waals surface area contributed by atoms with E-state index in [1.54, 1.807) is 12.1 Å². The number of amides is 1. The predicted molar refractivity (Wildman–Crippen MR) is 135 cm³/mol. The molecule has 2 aromatic rings. The number of nitrogens with zero attached hydrogens (tertiary/aromatic N) is 4. The lowest BCUT2D eigenvalue weighted by atomic mass is 9.92. The number of aromatic nitrogens is 2. The van der Waals surface area contributed by atoms with Gasteiger partial charge in [0.2, 0.25) is 5.89 Å². The summed E-state index contributed by atoms with van der Waals surface area (Å²) in [5.74, 6) is 2.60. The van der Waals surface area contributed by atoms with Gasteiger partial charge in [-0.3, -0.25) is 9.69 Å². The normalized spacial score (nSPS) is 20.0. The van der Waals surface area contributed by atoms with Crippen LogP contribution in [0, 0.1) is 12.8 Å². The van der Waals surface area contributed by atoms with Crippen LogP contribution in [0.2, 0.25) is 0 Å². The summed E-state index contributed by atoms with van der Waals surface area (Å²) in [5, 5.41) is 25.1. The Kier molecular flexibility index (Phi) is 9.17. The summed E-state index contributed by atoms with van der Waals surface area (Å²) < 4.78 is 11.5. The van der Waals surface area contributed by atoms with Crippen molar-refractivity contribution in [2.24, 2.45) is 5.92 Å².